The van der Waals surface area contributed by atoms with E-state index in [-0.39, 0.29) is 11.2 Å². The molecular weight excluding hydrogens is 384 g/mol. The van der Waals surface area contributed by atoms with Crippen molar-refractivity contribution < 1.29 is 4.79 Å². The molecule has 1 unspecified atom stereocenters. The van der Waals surface area contributed by atoms with Crippen LogP contribution in [0.1, 0.15) is 21.3 Å². The minimum Gasteiger partial charge on any atom is -0.354 e. The molecular formula is C23H24N2OS2. The highest BCUT2D eigenvalue weighted by Crippen LogP contribution is 2.35. The maximum absolute atomic E-state index is 13.0. The summed E-state index contributed by atoms with van der Waals surface area (Å²) in [6, 6.07) is 22.4. The maximum Gasteiger partial charge on any atom is 0.238 e. The van der Waals surface area contributed by atoms with Gasteiger partial charge in [-0.25, -0.2) is 0 Å². The number of thiophene rings is 1. The molecule has 144 valence electrons. The summed E-state index contributed by atoms with van der Waals surface area (Å²) in [5, 5.41) is 5.11. The molecule has 0 bridgehead atoms. The van der Waals surface area contributed by atoms with Gasteiger partial charge in [0.15, 0.2) is 0 Å². The molecule has 2 aromatic carbocycles. The molecule has 0 fully saturated rings. The van der Waals surface area contributed by atoms with Gasteiger partial charge in [0.05, 0.1) is 0 Å². The number of nitrogens with zero attached hydrogens (tertiary/aromatic N) is 1. The number of carbonyl (C=O) groups excluding carboxylic acids is 1. The normalized spacial score (nSPS) is 15.0. The van der Waals surface area contributed by atoms with Crippen molar-refractivity contribution in [3.8, 4) is 0 Å². The van der Waals surface area contributed by atoms with E-state index in [9.17, 15) is 4.79 Å². The summed E-state index contributed by atoms with van der Waals surface area (Å²) in [7, 11) is 0. The average molecular weight is 409 g/mol. The van der Waals surface area contributed by atoms with Crippen LogP contribution in [0.3, 0.4) is 0 Å². The standard InChI is InChI=1S/C23H24N2OS2/c26-23(24-13-15-25-14-11-21-19(17-25)12-16-27-21)22(18-7-3-1-4-8-18)28-20-9-5-2-6-10-20/h1-10,12,16,22H,11,13-15,17H2,(H,24,26). The van der Waals surface area contributed by atoms with Gasteiger partial charge in [-0.2, -0.15) is 0 Å². The van der Waals surface area contributed by atoms with Crippen molar-refractivity contribution >= 4 is 29.0 Å². The second-order valence-corrected chi connectivity index (χ2v) is 9.09. The third-order valence-corrected chi connectivity index (χ3v) is 7.24. The first-order valence-corrected chi connectivity index (χ1v) is 11.4. The quantitative estimate of drug-likeness (QED) is 0.572. The van der Waals surface area contributed by atoms with Crippen LogP contribution in [0.15, 0.2) is 77.0 Å². The second-order valence-electron chi connectivity index (χ2n) is 6.91. The van der Waals surface area contributed by atoms with Crippen molar-refractivity contribution in [3.05, 3.63) is 88.1 Å². The van der Waals surface area contributed by atoms with Crippen LogP contribution in [0.2, 0.25) is 0 Å². The van der Waals surface area contributed by atoms with Gasteiger partial charge in [0.25, 0.3) is 0 Å². The van der Waals surface area contributed by atoms with Crippen molar-refractivity contribution in [3.63, 3.8) is 0 Å². The number of thioether (sulfide) groups is 1. The van der Waals surface area contributed by atoms with Crippen molar-refractivity contribution in [1.29, 1.82) is 0 Å². The predicted molar refractivity (Wildman–Crippen MR) is 118 cm³/mol. The molecule has 0 saturated carbocycles. The number of amides is 1. The molecule has 1 N–H and O–H groups in total. The molecule has 0 saturated heterocycles. The number of benzene rings is 2. The van der Waals surface area contributed by atoms with Crippen LogP contribution < -0.4 is 5.32 Å². The van der Waals surface area contributed by atoms with E-state index in [1.54, 1.807) is 11.8 Å². The molecule has 3 aromatic rings. The molecule has 2 heterocycles. The van der Waals surface area contributed by atoms with Crippen LogP contribution in [0.25, 0.3) is 0 Å². The summed E-state index contributed by atoms with van der Waals surface area (Å²) in [6.45, 7) is 3.63. The van der Waals surface area contributed by atoms with Gasteiger partial charge in [0.1, 0.15) is 5.25 Å². The summed E-state index contributed by atoms with van der Waals surface area (Å²) in [5.74, 6) is 0.0771. The average Bonchev–Trinajstić information content (AvgIpc) is 3.21. The zero-order chi connectivity index (χ0) is 19.2. The highest BCUT2D eigenvalue weighted by Gasteiger charge is 2.22. The van der Waals surface area contributed by atoms with Crippen molar-refractivity contribution in [1.82, 2.24) is 10.2 Å². The zero-order valence-electron chi connectivity index (χ0n) is 15.7. The van der Waals surface area contributed by atoms with Crippen molar-refractivity contribution in [2.24, 2.45) is 0 Å². The Hall–Kier alpha value is -2.08. The molecule has 3 nitrogen and oxygen atoms in total. The number of carbonyl (C=O) groups is 1. The first-order chi connectivity index (χ1) is 13.8. The highest BCUT2D eigenvalue weighted by molar-refractivity contribution is 8.00. The van der Waals surface area contributed by atoms with E-state index in [0.717, 1.165) is 36.5 Å². The van der Waals surface area contributed by atoms with Gasteiger partial charge in [-0.1, -0.05) is 48.5 Å². The first kappa shape index (κ1) is 19.2. The Morgan fingerprint density at radius 2 is 1.82 bits per heavy atom. The molecule has 1 atom stereocenters. The number of rotatable bonds is 7. The number of hydrogen-bond acceptors (Lipinski definition) is 4. The number of nitrogens with one attached hydrogen (secondary N) is 1. The lowest BCUT2D eigenvalue weighted by Gasteiger charge is -2.27. The summed E-state index contributed by atoms with van der Waals surface area (Å²) >= 11 is 3.46. The van der Waals surface area contributed by atoms with E-state index in [1.165, 1.54) is 10.4 Å². The fourth-order valence-corrected chi connectivity index (χ4v) is 5.42. The van der Waals surface area contributed by atoms with E-state index in [1.807, 2.05) is 59.9 Å². The fraction of sp³-hybridized carbons (Fsp3) is 0.261. The van der Waals surface area contributed by atoms with Crippen LogP contribution in [-0.4, -0.2) is 30.4 Å². The number of fused-ring (bicyclic) bond motifs is 1. The minimum atomic E-state index is -0.242. The van der Waals surface area contributed by atoms with Crippen LogP contribution >= 0.6 is 23.1 Å². The molecule has 28 heavy (non-hydrogen) atoms. The lowest BCUT2D eigenvalue weighted by atomic mass is 10.1. The topological polar surface area (TPSA) is 32.3 Å². The third-order valence-electron chi connectivity index (χ3n) is 4.95. The summed E-state index contributed by atoms with van der Waals surface area (Å²) < 4.78 is 0. The van der Waals surface area contributed by atoms with Gasteiger partial charge in [0.2, 0.25) is 5.91 Å². The fourth-order valence-electron chi connectivity index (χ4n) is 3.46. The molecule has 0 aliphatic carbocycles. The highest BCUT2D eigenvalue weighted by atomic mass is 32.2. The monoisotopic (exact) mass is 408 g/mol. The predicted octanol–water partition coefficient (Wildman–Crippen LogP) is 4.76. The molecule has 1 aromatic heterocycles. The van der Waals surface area contributed by atoms with E-state index < -0.39 is 0 Å². The molecule has 5 heteroatoms. The molecule has 1 aliphatic rings. The Labute approximate surface area is 174 Å². The Balaban J connectivity index is 1.36. The SMILES string of the molecule is O=C(NCCN1CCc2sccc2C1)C(Sc1ccccc1)c1ccccc1. The van der Waals surface area contributed by atoms with E-state index in [0.29, 0.717) is 6.54 Å². The molecule has 0 radical (unpaired) electrons. The van der Waals surface area contributed by atoms with Crippen molar-refractivity contribution in [2.75, 3.05) is 19.6 Å². The lowest BCUT2D eigenvalue weighted by molar-refractivity contribution is -0.120. The van der Waals surface area contributed by atoms with Crippen LogP contribution in [0.4, 0.5) is 0 Å². The Kier molecular flexibility index (Phi) is 6.47. The van der Waals surface area contributed by atoms with Gasteiger partial charge >= 0.3 is 0 Å². The van der Waals surface area contributed by atoms with Crippen LogP contribution in [0.5, 0.6) is 0 Å². The van der Waals surface area contributed by atoms with Gasteiger partial charge < -0.3 is 5.32 Å². The van der Waals surface area contributed by atoms with Gasteiger partial charge in [0, 0.05) is 36.0 Å². The van der Waals surface area contributed by atoms with Crippen LogP contribution in [0, 0.1) is 0 Å². The molecule has 1 aliphatic heterocycles. The number of hydrogen-bond donors (Lipinski definition) is 1. The second kappa shape index (κ2) is 9.41. The lowest BCUT2D eigenvalue weighted by Crippen LogP contribution is -2.38. The van der Waals surface area contributed by atoms with E-state index in [4.69, 9.17) is 0 Å². The zero-order valence-corrected chi connectivity index (χ0v) is 17.3. The maximum atomic E-state index is 13.0. The Bertz CT molecular complexity index is 895. The molecule has 4 rings (SSSR count). The summed E-state index contributed by atoms with van der Waals surface area (Å²) in [6.07, 6.45) is 1.12. The van der Waals surface area contributed by atoms with Gasteiger partial charge in [-0.15, -0.1) is 23.1 Å². The summed E-state index contributed by atoms with van der Waals surface area (Å²) in [4.78, 5) is 18.0. The smallest absolute Gasteiger partial charge is 0.238 e. The Morgan fingerprint density at radius 1 is 1.07 bits per heavy atom. The molecule has 1 amide bonds. The van der Waals surface area contributed by atoms with Crippen LogP contribution in [-0.2, 0) is 17.8 Å². The third kappa shape index (κ3) is 4.85. The van der Waals surface area contributed by atoms with E-state index in [2.05, 4.69) is 33.8 Å². The largest absolute Gasteiger partial charge is 0.354 e. The van der Waals surface area contributed by atoms with Gasteiger partial charge in [-0.3, -0.25) is 9.69 Å². The van der Waals surface area contributed by atoms with Crippen molar-refractivity contribution in [2.45, 2.75) is 23.1 Å². The minimum absolute atomic E-state index is 0.0771. The van der Waals surface area contributed by atoms with Gasteiger partial charge in [-0.05, 0) is 41.1 Å². The van der Waals surface area contributed by atoms with E-state index >= 15 is 0 Å². The summed E-state index contributed by atoms with van der Waals surface area (Å²) in [5.41, 5.74) is 2.49. The Morgan fingerprint density at radius 3 is 2.61 bits per heavy atom. The first-order valence-electron chi connectivity index (χ1n) is 9.61. The molecule has 0 spiro atoms.